The maximum Gasteiger partial charge on any atom is 0.335 e. The van der Waals surface area contributed by atoms with Crippen LogP contribution in [0.25, 0.3) is 0 Å². The lowest BCUT2D eigenvalue weighted by molar-refractivity contribution is -0.117. The molecule has 4 amide bonds. The summed E-state index contributed by atoms with van der Waals surface area (Å²) in [7, 11) is -0.543. The van der Waals surface area contributed by atoms with Gasteiger partial charge in [-0.1, -0.05) is 0 Å². The van der Waals surface area contributed by atoms with E-state index < -0.39 is 28.3 Å². The van der Waals surface area contributed by atoms with Gasteiger partial charge in [0.2, 0.25) is 0 Å². The van der Waals surface area contributed by atoms with Gasteiger partial charge in [-0.05, 0) is 43.7 Å². The van der Waals surface area contributed by atoms with Gasteiger partial charge in [0.15, 0.2) is 0 Å². The highest BCUT2D eigenvalue weighted by atomic mass is 32.2. The zero-order chi connectivity index (χ0) is 15.6. The Bertz CT molecular complexity index is 633. The van der Waals surface area contributed by atoms with E-state index in [-0.39, 0.29) is 4.86 Å². The number of ether oxygens (including phenoxy) is 1. The van der Waals surface area contributed by atoms with Crippen molar-refractivity contribution in [2.24, 2.45) is 0 Å². The number of amides is 4. The van der Waals surface area contributed by atoms with Crippen molar-refractivity contribution in [1.29, 1.82) is 0 Å². The molecule has 0 unspecified atom stereocenters. The van der Waals surface area contributed by atoms with Crippen LogP contribution in [0.4, 0.5) is 10.5 Å². The van der Waals surface area contributed by atoms with Crippen LogP contribution in [0.1, 0.15) is 6.92 Å². The first-order valence-electron chi connectivity index (χ1n) is 6.33. The van der Waals surface area contributed by atoms with Gasteiger partial charge in [0.05, 0.1) is 12.3 Å². The van der Waals surface area contributed by atoms with Crippen molar-refractivity contribution in [3.8, 4) is 5.75 Å². The van der Waals surface area contributed by atoms with Crippen LogP contribution in [0.15, 0.2) is 24.3 Å². The molecule has 0 bridgehead atoms. The Kier molecular flexibility index (Phi) is 4.42. The number of benzene rings is 1. The number of urea groups is 1. The minimum Gasteiger partial charge on any atom is -0.494 e. The first-order valence-corrected chi connectivity index (χ1v) is 8.37. The Labute approximate surface area is 125 Å². The molecule has 1 aliphatic heterocycles. The predicted molar refractivity (Wildman–Crippen MR) is 83.1 cm³/mol. The number of imide groups is 2. The standard InChI is InChI=1S/C14H16N2O4S/c1-4-20-10-7-5-9(6-8-10)16-13(18)11(21(2)3)12(17)15-14(16)19/h5-8H,4H2,1-3H3,(H,15,17,19). The molecule has 7 heteroatoms. The summed E-state index contributed by atoms with van der Waals surface area (Å²) in [5.41, 5.74) is 0.399. The highest BCUT2D eigenvalue weighted by Gasteiger charge is 2.37. The largest absolute Gasteiger partial charge is 0.494 e. The molecule has 21 heavy (non-hydrogen) atoms. The first kappa shape index (κ1) is 15.2. The van der Waals surface area contributed by atoms with E-state index in [0.717, 1.165) is 4.90 Å². The molecule has 0 aliphatic carbocycles. The zero-order valence-corrected chi connectivity index (χ0v) is 12.8. The van der Waals surface area contributed by atoms with Crippen LogP contribution in [-0.4, -0.2) is 41.8 Å². The van der Waals surface area contributed by atoms with E-state index in [1.54, 1.807) is 36.8 Å². The summed E-state index contributed by atoms with van der Waals surface area (Å²) in [6.45, 7) is 2.40. The lowest BCUT2D eigenvalue weighted by atomic mass is 10.2. The average molecular weight is 308 g/mol. The second-order valence-corrected chi connectivity index (χ2v) is 6.51. The Morgan fingerprint density at radius 3 is 2.29 bits per heavy atom. The number of barbiturate groups is 1. The number of nitrogens with one attached hydrogen (secondary N) is 1. The molecule has 0 radical (unpaired) electrons. The lowest BCUT2D eigenvalue weighted by Gasteiger charge is -2.27. The Morgan fingerprint density at radius 1 is 1.14 bits per heavy atom. The van der Waals surface area contributed by atoms with Crippen LogP contribution in [0.2, 0.25) is 0 Å². The number of hydrogen-bond acceptors (Lipinski definition) is 4. The maximum absolute atomic E-state index is 12.4. The lowest BCUT2D eigenvalue weighted by Crippen LogP contribution is -2.58. The average Bonchev–Trinajstić information content (AvgIpc) is 2.40. The van der Waals surface area contributed by atoms with E-state index in [2.05, 4.69) is 5.32 Å². The van der Waals surface area contributed by atoms with Crippen molar-refractivity contribution >= 4 is 38.9 Å². The molecule has 6 nitrogen and oxygen atoms in total. The van der Waals surface area contributed by atoms with Gasteiger partial charge < -0.3 is 4.74 Å². The van der Waals surface area contributed by atoms with E-state index in [1.165, 1.54) is 0 Å². The predicted octanol–water partition coefficient (Wildman–Crippen LogP) is 1.37. The number of carbonyl (C=O) groups is 3. The summed E-state index contributed by atoms with van der Waals surface area (Å²) >= 11 is 0. The molecule has 112 valence electrons. The van der Waals surface area contributed by atoms with Crippen molar-refractivity contribution < 1.29 is 19.1 Å². The van der Waals surface area contributed by atoms with Crippen molar-refractivity contribution in [1.82, 2.24) is 5.32 Å². The Morgan fingerprint density at radius 2 is 1.76 bits per heavy atom. The molecule has 0 aromatic heterocycles. The normalized spacial score (nSPS) is 15.5. The number of rotatable bonds is 3. The van der Waals surface area contributed by atoms with Gasteiger partial charge in [0.1, 0.15) is 10.6 Å². The molecule has 2 rings (SSSR count). The molecule has 0 spiro atoms. The van der Waals surface area contributed by atoms with Crippen LogP contribution in [0.5, 0.6) is 5.75 Å². The van der Waals surface area contributed by atoms with Gasteiger partial charge in [0.25, 0.3) is 11.8 Å². The van der Waals surface area contributed by atoms with E-state index >= 15 is 0 Å². The van der Waals surface area contributed by atoms with E-state index in [4.69, 9.17) is 4.74 Å². The zero-order valence-electron chi connectivity index (χ0n) is 12.0. The van der Waals surface area contributed by atoms with Gasteiger partial charge in [-0.25, -0.2) is 9.69 Å². The molecule has 1 fully saturated rings. The summed E-state index contributed by atoms with van der Waals surface area (Å²) in [6, 6.07) is 5.84. The minimum absolute atomic E-state index is 0.100. The van der Waals surface area contributed by atoms with Crippen LogP contribution >= 0.6 is 10.5 Å². The number of anilines is 1. The summed E-state index contributed by atoms with van der Waals surface area (Å²) in [6.07, 6.45) is 3.53. The summed E-state index contributed by atoms with van der Waals surface area (Å²) in [5, 5.41) is 2.20. The van der Waals surface area contributed by atoms with Gasteiger partial charge in [-0.3, -0.25) is 14.9 Å². The quantitative estimate of drug-likeness (QED) is 0.856. The fourth-order valence-corrected chi connectivity index (χ4v) is 2.82. The Balaban J connectivity index is 2.37. The second kappa shape index (κ2) is 6.09. The summed E-state index contributed by atoms with van der Waals surface area (Å²) in [5.74, 6) is -0.529. The first-order chi connectivity index (χ1) is 9.95. The highest BCUT2D eigenvalue weighted by molar-refractivity contribution is 8.16. The van der Waals surface area contributed by atoms with Gasteiger partial charge in [-0.2, -0.15) is 10.5 Å². The summed E-state index contributed by atoms with van der Waals surface area (Å²) in [4.78, 5) is 37.1. The molecule has 0 saturated carbocycles. The third-order valence-electron chi connectivity index (χ3n) is 2.84. The SMILES string of the molecule is CCOc1ccc(N2C(=O)NC(=O)C(=S(C)C)C2=O)cc1. The molecule has 1 aromatic carbocycles. The van der Waals surface area contributed by atoms with Crippen LogP contribution in [0, 0.1) is 0 Å². The van der Waals surface area contributed by atoms with E-state index in [1.807, 2.05) is 6.92 Å². The smallest absolute Gasteiger partial charge is 0.335 e. The molecule has 1 heterocycles. The number of hydrogen-bond donors (Lipinski definition) is 1. The third kappa shape index (κ3) is 2.97. The summed E-state index contributed by atoms with van der Waals surface area (Å²) < 4.78 is 5.32. The van der Waals surface area contributed by atoms with Crippen molar-refractivity contribution in [2.75, 3.05) is 24.0 Å². The number of carbonyl (C=O) groups excluding carboxylic acids is 3. The molecule has 1 aromatic rings. The highest BCUT2D eigenvalue weighted by Crippen LogP contribution is 2.22. The monoisotopic (exact) mass is 308 g/mol. The van der Waals surface area contributed by atoms with Crippen molar-refractivity contribution in [2.45, 2.75) is 6.92 Å². The number of nitrogens with zero attached hydrogens (tertiary/aromatic N) is 1. The van der Waals surface area contributed by atoms with E-state index in [9.17, 15) is 14.4 Å². The van der Waals surface area contributed by atoms with Crippen molar-refractivity contribution in [3.05, 3.63) is 24.3 Å². The second-order valence-electron chi connectivity index (χ2n) is 4.47. The topological polar surface area (TPSA) is 75.7 Å². The fraction of sp³-hybridized carbons (Fsp3) is 0.286. The molecule has 1 saturated heterocycles. The van der Waals surface area contributed by atoms with Gasteiger partial charge >= 0.3 is 6.03 Å². The molecule has 0 atom stereocenters. The third-order valence-corrected chi connectivity index (χ3v) is 4.02. The molecule has 1 aliphatic rings. The fourth-order valence-electron chi connectivity index (χ4n) is 1.95. The van der Waals surface area contributed by atoms with Gasteiger partial charge in [-0.15, -0.1) is 0 Å². The Hall–Kier alpha value is -2.15. The van der Waals surface area contributed by atoms with Crippen molar-refractivity contribution in [3.63, 3.8) is 0 Å². The molecular weight excluding hydrogens is 292 g/mol. The maximum atomic E-state index is 12.4. The van der Waals surface area contributed by atoms with E-state index in [0.29, 0.717) is 18.0 Å². The van der Waals surface area contributed by atoms with Crippen LogP contribution in [-0.2, 0) is 9.59 Å². The molecular formula is C14H16N2O4S. The van der Waals surface area contributed by atoms with Gasteiger partial charge in [0, 0.05) is 0 Å². The minimum atomic E-state index is -0.733. The van der Waals surface area contributed by atoms with Crippen LogP contribution < -0.4 is 15.0 Å². The molecule has 1 N–H and O–H groups in total. The van der Waals surface area contributed by atoms with Crippen LogP contribution in [0.3, 0.4) is 0 Å².